The lowest BCUT2D eigenvalue weighted by Crippen LogP contribution is -2.00. The lowest BCUT2D eigenvalue weighted by Gasteiger charge is -2.02. The van der Waals surface area contributed by atoms with Crippen molar-refractivity contribution in [3.05, 3.63) is 35.9 Å². The van der Waals surface area contributed by atoms with E-state index in [1.807, 2.05) is 30.3 Å². The summed E-state index contributed by atoms with van der Waals surface area (Å²) in [6.45, 7) is 0. The number of Topliss-reactive ketones (excluding diaryl/α,β-unsaturated/α-hetero) is 1. The molecule has 0 saturated heterocycles. The molecule has 19 heavy (non-hydrogen) atoms. The molecule has 0 fully saturated rings. The molecule has 1 aromatic rings. The first-order valence-corrected chi connectivity index (χ1v) is 6.96. The van der Waals surface area contributed by atoms with Gasteiger partial charge >= 0.3 is 5.97 Å². The standard InChI is InChI=1S/C16H22O3/c17-15(10-6-1-2-7-11-16(18)19)13-12-14-8-4-3-5-9-14/h3-5,8-9H,1-2,6-7,10-13H2,(H,18,19). The number of carbonyl (C=O) groups excluding carboxylic acids is 1. The van der Waals surface area contributed by atoms with Crippen LogP contribution in [-0.2, 0) is 16.0 Å². The number of aliphatic carboxylic acids is 1. The molecule has 3 heteroatoms. The topological polar surface area (TPSA) is 54.4 Å². The van der Waals surface area contributed by atoms with E-state index in [-0.39, 0.29) is 6.42 Å². The van der Waals surface area contributed by atoms with E-state index < -0.39 is 5.97 Å². The largest absolute Gasteiger partial charge is 0.481 e. The van der Waals surface area contributed by atoms with Gasteiger partial charge in [-0.2, -0.15) is 0 Å². The number of hydrogen-bond acceptors (Lipinski definition) is 2. The van der Waals surface area contributed by atoms with Gasteiger partial charge in [-0.15, -0.1) is 0 Å². The number of unbranched alkanes of at least 4 members (excludes halogenated alkanes) is 3. The monoisotopic (exact) mass is 262 g/mol. The number of hydrogen-bond donors (Lipinski definition) is 1. The van der Waals surface area contributed by atoms with Gasteiger partial charge in [0.1, 0.15) is 5.78 Å². The number of carboxylic acid groups (broad SMARTS) is 1. The Morgan fingerprint density at radius 3 is 2.11 bits per heavy atom. The molecule has 1 rings (SSSR count). The zero-order valence-corrected chi connectivity index (χ0v) is 11.3. The van der Waals surface area contributed by atoms with Crippen molar-refractivity contribution in [1.29, 1.82) is 0 Å². The molecule has 0 bridgehead atoms. The Morgan fingerprint density at radius 1 is 0.842 bits per heavy atom. The number of carbonyl (C=O) groups is 2. The molecule has 0 atom stereocenters. The highest BCUT2D eigenvalue weighted by atomic mass is 16.4. The van der Waals surface area contributed by atoms with Crippen LogP contribution in [0, 0.1) is 0 Å². The zero-order chi connectivity index (χ0) is 13.9. The predicted molar refractivity (Wildman–Crippen MR) is 75.1 cm³/mol. The van der Waals surface area contributed by atoms with Crippen LogP contribution in [0.2, 0.25) is 0 Å². The molecule has 0 aliphatic carbocycles. The van der Waals surface area contributed by atoms with Crippen LogP contribution in [0.4, 0.5) is 0 Å². The van der Waals surface area contributed by atoms with Crippen molar-refractivity contribution in [2.24, 2.45) is 0 Å². The summed E-state index contributed by atoms with van der Waals surface area (Å²) in [4.78, 5) is 22.0. The van der Waals surface area contributed by atoms with Crippen LogP contribution in [-0.4, -0.2) is 16.9 Å². The lowest BCUT2D eigenvalue weighted by atomic mass is 10.0. The first-order valence-electron chi connectivity index (χ1n) is 6.96. The number of benzene rings is 1. The van der Waals surface area contributed by atoms with Gasteiger partial charge in [-0.1, -0.05) is 43.2 Å². The number of carboxylic acids is 1. The van der Waals surface area contributed by atoms with Crippen LogP contribution >= 0.6 is 0 Å². The average molecular weight is 262 g/mol. The predicted octanol–water partition coefficient (Wildman–Crippen LogP) is 3.61. The Labute approximate surface area is 114 Å². The van der Waals surface area contributed by atoms with Gasteiger partial charge in [-0.05, 0) is 24.8 Å². The molecule has 3 nitrogen and oxygen atoms in total. The summed E-state index contributed by atoms with van der Waals surface area (Å²) in [6.07, 6.45) is 5.74. The SMILES string of the molecule is O=C(O)CCCCCCC(=O)CCc1ccccc1. The molecule has 0 aliphatic rings. The fourth-order valence-electron chi connectivity index (χ4n) is 2.01. The number of ketones is 1. The molecule has 0 radical (unpaired) electrons. The van der Waals surface area contributed by atoms with Crippen LogP contribution in [0.25, 0.3) is 0 Å². The van der Waals surface area contributed by atoms with Gasteiger partial charge in [0.25, 0.3) is 0 Å². The van der Waals surface area contributed by atoms with Crippen molar-refractivity contribution in [2.45, 2.75) is 51.4 Å². The third-order valence-electron chi connectivity index (χ3n) is 3.13. The van der Waals surface area contributed by atoms with Gasteiger partial charge in [-0.3, -0.25) is 9.59 Å². The van der Waals surface area contributed by atoms with Gasteiger partial charge in [0.05, 0.1) is 0 Å². The maximum Gasteiger partial charge on any atom is 0.303 e. The lowest BCUT2D eigenvalue weighted by molar-refractivity contribution is -0.137. The summed E-state index contributed by atoms with van der Waals surface area (Å²) in [5, 5.41) is 8.48. The van der Waals surface area contributed by atoms with Crippen molar-refractivity contribution in [3.8, 4) is 0 Å². The van der Waals surface area contributed by atoms with E-state index in [0.717, 1.165) is 25.7 Å². The van der Waals surface area contributed by atoms with Crippen LogP contribution in [0.5, 0.6) is 0 Å². The molecular weight excluding hydrogens is 240 g/mol. The molecule has 0 amide bonds. The Bertz CT molecular complexity index is 384. The summed E-state index contributed by atoms with van der Waals surface area (Å²) < 4.78 is 0. The van der Waals surface area contributed by atoms with E-state index in [1.54, 1.807) is 0 Å². The van der Waals surface area contributed by atoms with Crippen LogP contribution in [0.1, 0.15) is 50.5 Å². The fraction of sp³-hybridized carbons (Fsp3) is 0.500. The summed E-state index contributed by atoms with van der Waals surface area (Å²) >= 11 is 0. The van der Waals surface area contributed by atoms with Crippen LogP contribution < -0.4 is 0 Å². The van der Waals surface area contributed by atoms with Crippen molar-refractivity contribution >= 4 is 11.8 Å². The van der Waals surface area contributed by atoms with E-state index in [1.165, 1.54) is 5.56 Å². The van der Waals surface area contributed by atoms with Crippen LogP contribution in [0.15, 0.2) is 30.3 Å². The minimum atomic E-state index is -0.737. The first-order chi connectivity index (χ1) is 9.18. The Morgan fingerprint density at radius 2 is 1.47 bits per heavy atom. The van der Waals surface area contributed by atoms with E-state index in [0.29, 0.717) is 25.0 Å². The number of aryl methyl sites for hydroxylation is 1. The van der Waals surface area contributed by atoms with E-state index in [9.17, 15) is 9.59 Å². The van der Waals surface area contributed by atoms with Gasteiger partial charge in [0.2, 0.25) is 0 Å². The zero-order valence-electron chi connectivity index (χ0n) is 11.3. The average Bonchev–Trinajstić information content (AvgIpc) is 2.41. The number of rotatable bonds is 10. The van der Waals surface area contributed by atoms with E-state index in [2.05, 4.69) is 0 Å². The van der Waals surface area contributed by atoms with Crippen molar-refractivity contribution in [2.75, 3.05) is 0 Å². The maximum absolute atomic E-state index is 11.7. The molecule has 0 heterocycles. The third-order valence-corrected chi connectivity index (χ3v) is 3.13. The maximum atomic E-state index is 11.7. The second-order valence-electron chi connectivity index (χ2n) is 4.83. The molecule has 0 saturated carbocycles. The van der Waals surface area contributed by atoms with Gasteiger partial charge in [-0.25, -0.2) is 0 Å². The quantitative estimate of drug-likeness (QED) is 0.655. The Kier molecular flexibility index (Phi) is 7.56. The van der Waals surface area contributed by atoms with E-state index in [4.69, 9.17) is 5.11 Å². The Balaban J connectivity index is 2.01. The highest BCUT2D eigenvalue weighted by molar-refractivity contribution is 5.78. The molecule has 0 unspecified atom stereocenters. The summed E-state index contributed by atoms with van der Waals surface area (Å²) in [7, 11) is 0. The highest BCUT2D eigenvalue weighted by Gasteiger charge is 2.03. The normalized spacial score (nSPS) is 10.3. The smallest absolute Gasteiger partial charge is 0.303 e. The van der Waals surface area contributed by atoms with Gasteiger partial charge in [0, 0.05) is 19.3 Å². The van der Waals surface area contributed by atoms with Gasteiger partial charge in [0.15, 0.2) is 0 Å². The summed E-state index contributed by atoms with van der Waals surface area (Å²) in [5.74, 6) is -0.430. The molecule has 0 spiro atoms. The van der Waals surface area contributed by atoms with Crippen molar-refractivity contribution in [1.82, 2.24) is 0 Å². The van der Waals surface area contributed by atoms with E-state index >= 15 is 0 Å². The Hall–Kier alpha value is -1.64. The molecule has 0 aromatic heterocycles. The van der Waals surface area contributed by atoms with Crippen LogP contribution in [0.3, 0.4) is 0 Å². The first kappa shape index (κ1) is 15.4. The molecule has 1 N–H and O–H groups in total. The minimum absolute atomic E-state index is 0.238. The molecule has 1 aromatic carbocycles. The second-order valence-corrected chi connectivity index (χ2v) is 4.83. The van der Waals surface area contributed by atoms with Crippen molar-refractivity contribution in [3.63, 3.8) is 0 Å². The summed E-state index contributed by atoms with van der Waals surface area (Å²) in [5.41, 5.74) is 1.21. The van der Waals surface area contributed by atoms with Crippen molar-refractivity contribution < 1.29 is 14.7 Å². The highest BCUT2D eigenvalue weighted by Crippen LogP contribution is 2.09. The molecular formula is C16H22O3. The second kappa shape index (κ2) is 9.31. The molecule has 0 aliphatic heterocycles. The fourth-order valence-corrected chi connectivity index (χ4v) is 2.01. The minimum Gasteiger partial charge on any atom is -0.481 e. The summed E-state index contributed by atoms with van der Waals surface area (Å²) in [6, 6.07) is 10.0. The van der Waals surface area contributed by atoms with Gasteiger partial charge < -0.3 is 5.11 Å². The third kappa shape index (κ3) is 8.14. The molecule has 104 valence electrons.